The molecule has 0 bridgehead atoms. The fourth-order valence-corrected chi connectivity index (χ4v) is 2.44. The summed E-state index contributed by atoms with van der Waals surface area (Å²) in [5, 5.41) is 36.6. The zero-order valence-corrected chi connectivity index (χ0v) is 11.8. The molecule has 8 heteroatoms. The van der Waals surface area contributed by atoms with Gasteiger partial charge in [0.25, 0.3) is 0 Å². The summed E-state index contributed by atoms with van der Waals surface area (Å²) < 4.78 is 19.9. The number of halogens is 1. The van der Waals surface area contributed by atoms with Crippen LogP contribution in [0, 0.1) is 12.7 Å². The molecule has 0 unspecified atom stereocenters. The van der Waals surface area contributed by atoms with Crippen LogP contribution in [-0.2, 0) is 4.74 Å². The first-order valence-corrected chi connectivity index (χ1v) is 6.82. The van der Waals surface area contributed by atoms with Crippen molar-refractivity contribution in [3.8, 4) is 11.3 Å². The van der Waals surface area contributed by atoms with Crippen molar-refractivity contribution in [2.75, 3.05) is 6.61 Å². The number of hydrogen-bond donors (Lipinski definition) is 3. The van der Waals surface area contributed by atoms with Gasteiger partial charge in [0.1, 0.15) is 29.8 Å². The molecule has 0 spiro atoms. The molecule has 2 aromatic rings. The van der Waals surface area contributed by atoms with Gasteiger partial charge in [-0.2, -0.15) is 0 Å². The van der Waals surface area contributed by atoms with Crippen molar-refractivity contribution in [1.82, 2.24) is 15.0 Å². The van der Waals surface area contributed by atoms with E-state index in [1.54, 1.807) is 19.1 Å². The van der Waals surface area contributed by atoms with Crippen LogP contribution >= 0.6 is 0 Å². The summed E-state index contributed by atoms with van der Waals surface area (Å²) in [6, 6.07) is 4.56. The van der Waals surface area contributed by atoms with Crippen LogP contribution in [0.2, 0.25) is 0 Å². The standard InChI is InChI=1S/C14H16FN3O4/c1-7-4-8(2-3-9(7)15)10-5-18(17-16-10)14-13(21)12(20)11(6-19)22-14/h2-5,11-14,19-21H,6H2,1H3/t11-,12-,13-,14-/m1/s1. The van der Waals surface area contributed by atoms with Gasteiger partial charge >= 0.3 is 0 Å². The molecule has 1 aliphatic rings. The molecule has 0 aliphatic carbocycles. The molecule has 118 valence electrons. The van der Waals surface area contributed by atoms with Crippen molar-refractivity contribution in [3.05, 3.63) is 35.8 Å². The Kier molecular flexibility index (Phi) is 3.92. The monoisotopic (exact) mass is 309 g/mol. The number of ether oxygens (including phenoxy) is 1. The molecule has 0 saturated carbocycles. The molecule has 22 heavy (non-hydrogen) atoms. The Morgan fingerprint density at radius 1 is 1.32 bits per heavy atom. The molecule has 1 aromatic carbocycles. The summed E-state index contributed by atoms with van der Waals surface area (Å²) in [5.41, 5.74) is 1.65. The van der Waals surface area contributed by atoms with Gasteiger partial charge in [0, 0.05) is 5.56 Å². The third-order valence-electron chi connectivity index (χ3n) is 3.74. The molecule has 2 heterocycles. The van der Waals surface area contributed by atoms with Gasteiger partial charge < -0.3 is 20.1 Å². The van der Waals surface area contributed by atoms with Gasteiger partial charge in [-0.25, -0.2) is 9.07 Å². The highest BCUT2D eigenvalue weighted by Gasteiger charge is 2.43. The van der Waals surface area contributed by atoms with Crippen LogP contribution in [0.5, 0.6) is 0 Å². The normalized spacial score (nSPS) is 28.2. The van der Waals surface area contributed by atoms with Crippen molar-refractivity contribution in [1.29, 1.82) is 0 Å². The van der Waals surface area contributed by atoms with Gasteiger partial charge in [-0.15, -0.1) is 5.10 Å². The van der Waals surface area contributed by atoms with Crippen molar-refractivity contribution in [2.45, 2.75) is 31.5 Å². The third-order valence-corrected chi connectivity index (χ3v) is 3.74. The first kappa shape index (κ1) is 15.0. The summed E-state index contributed by atoms with van der Waals surface area (Å²) >= 11 is 0. The highest BCUT2D eigenvalue weighted by Crippen LogP contribution is 2.29. The molecule has 3 rings (SSSR count). The average molecular weight is 309 g/mol. The summed E-state index contributed by atoms with van der Waals surface area (Å²) in [6.45, 7) is 1.24. The largest absolute Gasteiger partial charge is 0.394 e. The second-order valence-electron chi connectivity index (χ2n) is 5.28. The zero-order chi connectivity index (χ0) is 15.9. The van der Waals surface area contributed by atoms with E-state index >= 15 is 0 Å². The highest BCUT2D eigenvalue weighted by atomic mass is 19.1. The van der Waals surface area contributed by atoms with E-state index in [1.807, 2.05) is 0 Å². The first-order valence-electron chi connectivity index (χ1n) is 6.82. The smallest absolute Gasteiger partial charge is 0.180 e. The Bertz CT molecular complexity index is 678. The van der Waals surface area contributed by atoms with E-state index in [-0.39, 0.29) is 5.82 Å². The molecule has 0 radical (unpaired) electrons. The average Bonchev–Trinajstić information content (AvgIpc) is 3.09. The van der Waals surface area contributed by atoms with Crippen molar-refractivity contribution >= 4 is 0 Å². The summed E-state index contributed by atoms with van der Waals surface area (Å²) in [5.74, 6) is -0.306. The Balaban J connectivity index is 1.86. The molecule has 1 aromatic heterocycles. The fraction of sp³-hybridized carbons (Fsp3) is 0.429. The van der Waals surface area contributed by atoms with Gasteiger partial charge in [-0.3, -0.25) is 0 Å². The molecular formula is C14H16FN3O4. The third kappa shape index (κ3) is 2.50. The van der Waals surface area contributed by atoms with E-state index < -0.39 is 31.1 Å². The number of aliphatic hydroxyl groups excluding tert-OH is 3. The lowest BCUT2D eigenvalue weighted by Gasteiger charge is -2.13. The minimum absolute atomic E-state index is 0.306. The van der Waals surface area contributed by atoms with Crippen LogP contribution in [0.4, 0.5) is 4.39 Å². The number of benzene rings is 1. The molecule has 1 saturated heterocycles. The van der Waals surface area contributed by atoms with Crippen LogP contribution < -0.4 is 0 Å². The Morgan fingerprint density at radius 3 is 2.73 bits per heavy atom. The van der Waals surface area contributed by atoms with Crippen LogP contribution in [-0.4, -0.2) is 55.2 Å². The van der Waals surface area contributed by atoms with Crippen molar-refractivity contribution in [2.24, 2.45) is 0 Å². The highest BCUT2D eigenvalue weighted by molar-refractivity contribution is 5.58. The van der Waals surface area contributed by atoms with E-state index in [0.29, 0.717) is 16.8 Å². The second kappa shape index (κ2) is 5.73. The molecule has 1 aliphatic heterocycles. The van der Waals surface area contributed by atoms with Crippen molar-refractivity contribution in [3.63, 3.8) is 0 Å². The lowest BCUT2D eigenvalue weighted by atomic mass is 10.1. The van der Waals surface area contributed by atoms with Crippen LogP contribution in [0.1, 0.15) is 11.8 Å². The number of nitrogens with zero attached hydrogens (tertiary/aromatic N) is 3. The van der Waals surface area contributed by atoms with E-state index in [0.717, 1.165) is 0 Å². The number of hydrogen-bond acceptors (Lipinski definition) is 6. The summed E-state index contributed by atoms with van der Waals surface area (Å²) in [6.07, 6.45) is -2.69. The number of aryl methyl sites for hydroxylation is 1. The van der Waals surface area contributed by atoms with E-state index in [9.17, 15) is 14.6 Å². The van der Waals surface area contributed by atoms with Gasteiger partial charge in [-0.05, 0) is 30.7 Å². The van der Waals surface area contributed by atoms with Gasteiger partial charge in [0.05, 0.1) is 12.8 Å². The maximum Gasteiger partial charge on any atom is 0.180 e. The Labute approximate surface area is 125 Å². The summed E-state index contributed by atoms with van der Waals surface area (Å²) in [4.78, 5) is 0. The quantitative estimate of drug-likeness (QED) is 0.738. The lowest BCUT2D eigenvalue weighted by Crippen LogP contribution is -2.33. The van der Waals surface area contributed by atoms with Gasteiger partial charge in [-0.1, -0.05) is 5.21 Å². The zero-order valence-electron chi connectivity index (χ0n) is 11.8. The van der Waals surface area contributed by atoms with Crippen molar-refractivity contribution < 1.29 is 24.4 Å². The predicted molar refractivity (Wildman–Crippen MR) is 73.2 cm³/mol. The first-order chi connectivity index (χ1) is 10.5. The molecule has 4 atom stereocenters. The second-order valence-corrected chi connectivity index (χ2v) is 5.28. The summed E-state index contributed by atoms with van der Waals surface area (Å²) in [7, 11) is 0. The lowest BCUT2D eigenvalue weighted by molar-refractivity contribution is -0.0593. The molecule has 7 nitrogen and oxygen atoms in total. The van der Waals surface area contributed by atoms with Gasteiger partial charge in [0.15, 0.2) is 6.23 Å². The molecular weight excluding hydrogens is 293 g/mol. The number of rotatable bonds is 3. The minimum Gasteiger partial charge on any atom is -0.394 e. The van der Waals surface area contributed by atoms with Gasteiger partial charge in [0.2, 0.25) is 0 Å². The number of aromatic nitrogens is 3. The fourth-order valence-electron chi connectivity index (χ4n) is 2.44. The molecule has 0 amide bonds. The number of aliphatic hydroxyl groups is 3. The SMILES string of the molecule is Cc1cc(-c2cn([C@@H]3O[C@H](CO)[C@@H](O)[C@H]3O)nn2)ccc1F. The topological polar surface area (TPSA) is 101 Å². The van der Waals surface area contributed by atoms with E-state index in [4.69, 9.17) is 9.84 Å². The van der Waals surface area contributed by atoms with E-state index in [1.165, 1.54) is 16.9 Å². The van der Waals surface area contributed by atoms with Crippen LogP contribution in [0.3, 0.4) is 0 Å². The molecule has 1 fully saturated rings. The maximum absolute atomic E-state index is 13.3. The van der Waals surface area contributed by atoms with Crippen LogP contribution in [0.25, 0.3) is 11.3 Å². The maximum atomic E-state index is 13.3. The van der Waals surface area contributed by atoms with Crippen LogP contribution in [0.15, 0.2) is 24.4 Å². The molecule has 3 N–H and O–H groups in total. The minimum atomic E-state index is -1.22. The Morgan fingerprint density at radius 2 is 2.09 bits per heavy atom. The predicted octanol–water partition coefficient (Wildman–Crippen LogP) is 0.00412. The Hall–Kier alpha value is -1.87. The van der Waals surface area contributed by atoms with E-state index in [2.05, 4.69) is 10.3 Å².